The van der Waals surface area contributed by atoms with Gasteiger partial charge in [-0.1, -0.05) is 12.1 Å². The number of nitrogens with zero attached hydrogens (tertiary/aromatic N) is 2. The van der Waals surface area contributed by atoms with Crippen molar-refractivity contribution in [3.63, 3.8) is 0 Å². The van der Waals surface area contributed by atoms with E-state index in [-0.39, 0.29) is 5.91 Å². The minimum Gasteiger partial charge on any atom is -0.465 e. The zero-order valence-electron chi connectivity index (χ0n) is 15.3. The van der Waals surface area contributed by atoms with Crippen LogP contribution >= 0.6 is 0 Å². The van der Waals surface area contributed by atoms with Crippen molar-refractivity contribution in [3.8, 4) is 0 Å². The maximum atomic E-state index is 12.8. The first kappa shape index (κ1) is 18.7. The summed E-state index contributed by atoms with van der Waals surface area (Å²) in [6, 6.07) is 7.75. The van der Waals surface area contributed by atoms with Gasteiger partial charge in [0.15, 0.2) is 0 Å². The predicted octanol–water partition coefficient (Wildman–Crippen LogP) is 2.07. The molecule has 25 heavy (non-hydrogen) atoms. The Morgan fingerprint density at radius 1 is 1.20 bits per heavy atom. The molecule has 2 rings (SSSR count). The summed E-state index contributed by atoms with van der Waals surface area (Å²) in [7, 11) is 6.81. The van der Waals surface area contributed by atoms with Crippen molar-refractivity contribution in [2.45, 2.75) is 6.92 Å². The van der Waals surface area contributed by atoms with Crippen LogP contribution < -0.4 is 4.90 Å². The van der Waals surface area contributed by atoms with Gasteiger partial charge in [0.2, 0.25) is 0 Å². The normalized spacial score (nSPS) is 16.0. The second-order valence-electron chi connectivity index (χ2n) is 5.95. The smallest absolute Gasteiger partial charge is 0.340 e. The SMILES string of the molecule is COCCN1C(=O)/C(=C/c2ccc(N(C)C)cc2)C(C(=O)OC)=C1C. The molecule has 0 N–H and O–H groups in total. The van der Waals surface area contributed by atoms with Crippen molar-refractivity contribution < 1.29 is 19.1 Å². The Hall–Kier alpha value is -2.60. The Kier molecular flexibility index (Phi) is 5.98. The van der Waals surface area contributed by atoms with Crippen LogP contribution in [0.3, 0.4) is 0 Å². The summed E-state index contributed by atoms with van der Waals surface area (Å²) in [5.41, 5.74) is 3.14. The van der Waals surface area contributed by atoms with Crippen molar-refractivity contribution in [3.05, 3.63) is 46.7 Å². The van der Waals surface area contributed by atoms with Gasteiger partial charge < -0.3 is 19.3 Å². The molecule has 1 aromatic rings. The summed E-state index contributed by atoms with van der Waals surface area (Å²) in [5.74, 6) is -0.728. The standard InChI is InChI=1S/C19H24N2O4/c1-13-17(19(23)25-5)16(18(22)21(13)10-11-24-4)12-14-6-8-15(9-7-14)20(2)3/h6-9,12H,10-11H2,1-5H3/b16-12+. The number of benzene rings is 1. The molecule has 1 aromatic carbocycles. The second-order valence-corrected chi connectivity index (χ2v) is 5.95. The Bertz CT molecular complexity index is 717. The maximum Gasteiger partial charge on any atom is 0.340 e. The Balaban J connectivity index is 2.42. The number of methoxy groups -OCH3 is 2. The number of amides is 1. The van der Waals surface area contributed by atoms with Gasteiger partial charge in [0.25, 0.3) is 5.91 Å². The Labute approximate surface area is 148 Å². The van der Waals surface area contributed by atoms with Crippen LogP contribution in [-0.4, -0.2) is 58.2 Å². The van der Waals surface area contributed by atoms with E-state index >= 15 is 0 Å². The van der Waals surface area contributed by atoms with E-state index in [0.29, 0.717) is 30.0 Å². The van der Waals surface area contributed by atoms with E-state index in [1.165, 1.54) is 7.11 Å². The molecule has 1 aliphatic heterocycles. The Morgan fingerprint density at radius 3 is 2.36 bits per heavy atom. The molecule has 0 atom stereocenters. The number of anilines is 1. The monoisotopic (exact) mass is 344 g/mol. The molecule has 1 heterocycles. The first-order chi connectivity index (χ1) is 11.9. The molecule has 6 heteroatoms. The lowest BCUT2D eigenvalue weighted by atomic mass is 10.0. The van der Waals surface area contributed by atoms with Crippen LogP contribution in [-0.2, 0) is 19.1 Å². The van der Waals surface area contributed by atoms with Crippen LogP contribution in [0.5, 0.6) is 0 Å². The number of carbonyl (C=O) groups excluding carboxylic acids is 2. The van der Waals surface area contributed by atoms with Gasteiger partial charge in [0.1, 0.15) is 0 Å². The van der Waals surface area contributed by atoms with Crippen LogP contribution in [0.1, 0.15) is 12.5 Å². The van der Waals surface area contributed by atoms with Crippen molar-refractivity contribution in [2.24, 2.45) is 0 Å². The van der Waals surface area contributed by atoms with Gasteiger partial charge >= 0.3 is 5.97 Å². The second kappa shape index (κ2) is 7.98. The van der Waals surface area contributed by atoms with E-state index in [2.05, 4.69) is 0 Å². The summed E-state index contributed by atoms with van der Waals surface area (Å²) in [5, 5.41) is 0. The molecule has 0 unspecified atom stereocenters. The van der Waals surface area contributed by atoms with E-state index in [1.807, 2.05) is 43.3 Å². The topological polar surface area (TPSA) is 59.1 Å². The van der Waals surface area contributed by atoms with Gasteiger partial charge in [0, 0.05) is 39.1 Å². The van der Waals surface area contributed by atoms with Crippen LogP contribution in [0.15, 0.2) is 41.1 Å². The molecular weight excluding hydrogens is 320 g/mol. The fourth-order valence-electron chi connectivity index (χ4n) is 2.72. The third-order valence-corrected chi connectivity index (χ3v) is 4.14. The van der Waals surface area contributed by atoms with Gasteiger partial charge in [-0.05, 0) is 30.7 Å². The molecule has 0 bridgehead atoms. The van der Waals surface area contributed by atoms with Crippen LogP contribution in [0.4, 0.5) is 5.69 Å². The number of carbonyl (C=O) groups is 2. The largest absolute Gasteiger partial charge is 0.465 e. The summed E-state index contributed by atoms with van der Waals surface area (Å²) in [4.78, 5) is 28.5. The molecule has 0 spiro atoms. The molecule has 6 nitrogen and oxygen atoms in total. The van der Waals surface area contributed by atoms with E-state index in [1.54, 1.807) is 25.0 Å². The number of esters is 1. The van der Waals surface area contributed by atoms with Crippen LogP contribution in [0.25, 0.3) is 6.08 Å². The molecule has 0 fully saturated rings. The first-order valence-electron chi connectivity index (χ1n) is 8.00. The Morgan fingerprint density at radius 2 is 1.84 bits per heavy atom. The molecule has 1 amide bonds. The molecular formula is C19H24N2O4. The zero-order valence-corrected chi connectivity index (χ0v) is 15.3. The van der Waals surface area contributed by atoms with Gasteiger partial charge in [-0.25, -0.2) is 4.79 Å². The molecule has 0 radical (unpaired) electrons. The van der Waals surface area contributed by atoms with E-state index in [4.69, 9.17) is 9.47 Å². The van der Waals surface area contributed by atoms with E-state index < -0.39 is 5.97 Å². The van der Waals surface area contributed by atoms with Crippen molar-refractivity contribution >= 4 is 23.6 Å². The minimum atomic E-state index is -0.512. The zero-order chi connectivity index (χ0) is 18.6. The van der Waals surface area contributed by atoms with E-state index in [9.17, 15) is 9.59 Å². The van der Waals surface area contributed by atoms with Crippen molar-refractivity contribution in [1.82, 2.24) is 4.90 Å². The van der Waals surface area contributed by atoms with Crippen molar-refractivity contribution in [1.29, 1.82) is 0 Å². The quantitative estimate of drug-likeness (QED) is 0.584. The molecule has 0 saturated carbocycles. The highest BCUT2D eigenvalue weighted by Crippen LogP contribution is 2.31. The third kappa shape index (κ3) is 3.91. The lowest BCUT2D eigenvalue weighted by Gasteiger charge is -2.16. The first-order valence-corrected chi connectivity index (χ1v) is 8.00. The number of hydrogen-bond acceptors (Lipinski definition) is 5. The summed E-state index contributed by atoms with van der Waals surface area (Å²) in [6.07, 6.45) is 1.73. The summed E-state index contributed by atoms with van der Waals surface area (Å²) in [6.45, 7) is 2.52. The van der Waals surface area contributed by atoms with Gasteiger partial charge in [-0.15, -0.1) is 0 Å². The van der Waals surface area contributed by atoms with Gasteiger partial charge in [-0.2, -0.15) is 0 Å². The molecule has 134 valence electrons. The summed E-state index contributed by atoms with van der Waals surface area (Å²) >= 11 is 0. The number of hydrogen-bond donors (Lipinski definition) is 0. The molecule has 0 aliphatic carbocycles. The predicted molar refractivity (Wildman–Crippen MR) is 97.1 cm³/mol. The van der Waals surface area contributed by atoms with Gasteiger partial charge in [0.05, 0.1) is 24.9 Å². The highest BCUT2D eigenvalue weighted by molar-refractivity contribution is 6.16. The number of ether oxygens (including phenoxy) is 2. The minimum absolute atomic E-state index is 0.216. The lowest BCUT2D eigenvalue weighted by molar-refractivity contribution is -0.136. The average Bonchev–Trinajstić information content (AvgIpc) is 2.83. The number of rotatable bonds is 6. The summed E-state index contributed by atoms with van der Waals surface area (Å²) < 4.78 is 9.92. The lowest BCUT2D eigenvalue weighted by Crippen LogP contribution is -2.28. The van der Waals surface area contributed by atoms with Gasteiger partial charge in [-0.3, -0.25) is 4.79 Å². The van der Waals surface area contributed by atoms with Crippen molar-refractivity contribution in [2.75, 3.05) is 46.4 Å². The molecule has 0 saturated heterocycles. The fourth-order valence-corrected chi connectivity index (χ4v) is 2.72. The average molecular weight is 344 g/mol. The van der Waals surface area contributed by atoms with Crippen LogP contribution in [0.2, 0.25) is 0 Å². The highest BCUT2D eigenvalue weighted by Gasteiger charge is 2.36. The highest BCUT2D eigenvalue weighted by atomic mass is 16.5. The van der Waals surface area contributed by atoms with E-state index in [0.717, 1.165) is 11.3 Å². The maximum absolute atomic E-state index is 12.8. The third-order valence-electron chi connectivity index (χ3n) is 4.14. The number of allylic oxidation sites excluding steroid dienone is 1. The van der Waals surface area contributed by atoms with Crippen LogP contribution in [0, 0.1) is 0 Å². The molecule has 1 aliphatic rings. The molecule has 0 aromatic heterocycles. The fraction of sp³-hybridized carbons (Fsp3) is 0.368.